The quantitative estimate of drug-likeness (QED) is 0.524. The lowest BCUT2D eigenvalue weighted by Crippen LogP contribution is -2.50. The third kappa shape index (κ3) is 6.28. The maximum Gasteiger partial charge on any atom is 0.0856 e. The molecule has 0 spiro atoms. The number of hydrogen-bond acceptors (Lipinski definition) is 5. The lowest BCUT2D eigenvalue weighted by Gasteiger charge is -2.20. The first-order chi connectivity index (χ1) is 8.38. The highest BCUT2D eigenvalue weighted by Crippen LogP contribution is 2.08. The Labute approximate surface area is 110 Å². The Balaban J connectivity index is 0.000000331. The zero-order chi connectivity index (χ0) is 14.2. The lowest BCUT2D eigenvalue weighted by atomic mass is 10.1. The van der Waals surface area contributed by atoms with E-state index in [0.717, 1.165) is 0 Å². The Morgan fingerprint density at radius 2 is 1.44 bits per heavy atom. The van der Waals surface area contributed by atoms with E-state index in [2.05, 4.69) is 38.4 Å². The zero-order valence-electron chi connectivity index (χ0n) is 10.9. The molecule has 1 aromatic carbocycles. The minimum absolute atomic E-state index is 0.403. The molecule has 0 aliphatic carbocycles. The Bertz CT molecular complexity index is 318. The van der Waals surface area contributed by atoms with Crippen molar-refractivity contribution >= 4 is 20.2 Å². The summed E-state index contributed by atoms with van der Waals surface area (Å²) in [6, 6.07) is 8.37. The van der Waals surface area contributed by atoms with Gasteiger partial charge >= 0.3 is 0 Å². The molecule has 0 fully saturated rings. The maximum atomic E-state index is 8.34. The fourth-order valence-corrected chi connectivity index (χ4v) is 1.11. The van der Waals surface area contributed by atoms with Gasteiger partial charge in [0.05, 0.1) is 25.4 Å². The van der Waals surface area contributed by atoms with Crippen molar-refractivity contribution in [3.63, 3.8) is 0 Å². The van der Waals surface area contributed by atoms with Gasteiger partial charge in [-0.15, -0.1) is 9.24 Å². The fraction of sp³-hybridized carbons (Fsp3) is 0.500. The number of anilines is 1. The van der Waals surface area contributed by atoms with Crippen molar-refractivity contribution < 1.29 is 15.3 Å². The number of benzene rings is 1. The molecule has 104 valence electrons. The van der Waals surface area contributed by atoms with Crippen molar-refractivity contribution in [3.8, 4) is 0 Å². The van der Waals surface area contributed by atoms with Crippen molar-refractivity contribution in [1.29, 1.82) is 0 Å². The van der Waals surface area contributed by atoms with Gasteiger partial charge in [-0.25, -0.2) is 0 Å². The third-order valence-electron chi connectivity index (χ3n) is 2.35. The zero-order valence-corrected chi connectivity index (χ0v) is 12.0. The molecule has 0 aromatic heterocycles. The highest BCUT2D eigenvalue weighted by molar-refractivity contribution is 7.27. The second-order valence-corrected chi connectivity index (χ2v) is 4.99. The summed E-state index contributed by atoms with van der Waals surface area (Å²) in [4.78, 5) is 2.09. The average Bonchev–Trinajstić information content (AvgIpc) is 2.39. The summed E-state index contributed by atoms with van der Waals surface area (Å²) in [6.45, 7) is -1.21. The second-order valence-electron chi connectivity index (χ2n) is 4.32. The van der Waals surface area contributed by atoms with Crippen LogP contribution in [0.25, 0.3) is 0 Å². The normalized spacial score (nSPS) is 10.6. The SMILES string of the molecule is CN(C)c1ccc(P)cc1.NC(CO)(CO)CO. The Morgan fingerprint density at radius 3 is 1.67 bits per heavy atom. The molecule has 0 heterocycles. The Hall–Kier alpha value is -0.710. The molecule has 0 aliphatic heterocycles. The minimum Gasteiger partial charge on any atom is -0.394 e. The molecule has 0 amide bonds. The van der Waals surface area contributed by atoms with Crippen LogP contribution in [0.1, 0.15) is 0 Å². The second kappa shape index (κ2) is 8.40. The summed E-state index contributed by atoms with van der Waals surface area (Å²) in [6.07, 6.45) is 0. The van der Waals surface area contributed by atoms with Crippen LogP contribution in [-0.4, -0.2) is 54.8 Å². The molecule has 0 saturated carbocycles. The van der Waals surface area contributed by atoms with Gasteiger partial charge in [0.2, 0.25) is 0 Å². The van der Waals surface area contributed by atoms with Crippen LogP contribution in [0.2, 0.25) is 0 Å². The molecule has 0 aliphatic rings. The van der Waals surface area contributed by atoms with Crippen molar-refractivity contribution in [2.75, 3.05) is 38.8 Å². The first-order valence-electron chi connectivity index (χ1n) is 5.53. The molecule has 1 rings (SSSR count). The molecule has 0 radical (unpaired) electrons. The van der Waals surface area contributed by atoms with Gasteiger partial charge < -0.3 is 26.0 Å². The molecule has 1 atom stereocenters. The highest BCUT2D eigenvalue weighted by atomic mass is 31.0. The summed E-state index contributed by atoms with van der Waals surface area (Å²) >= 11 is 0. The van der Waals surface area contributed by atoms with Gasteiger partial charge in [0.25, 0.3) is 0 Å². The largest absolute Gasteiger partial charge is 0.394 e. The third-order valence-corrected chi connectivity index (χ3v) is 2.74. The molecule has 0 bridgehead atoms. The predicted octanol–water partition coefficient (Wildman–Crippen LogP) is -1.09. The van der Waals surface area contributed by atoms with Gasteiger partial charge in [0, 0.05) is 19.8 Å². The molecule has 0 saturated heterocycles. The number of nitrogens with two attached hydrogens (primary N) is 1. The molecule has 1 unspecified atom stereocenters. The predicted molar refractivity (Wildman–Crippen MR) is 78.3 cm³/mol. The summed E-state index contributed by atoms with van der Waals surface area (Å²) in [5.74, 6) is 0. The molecular formula is C12H23N2O3P. The van der Waals surface area contributed by atoms with Gasteiger partial charge in [-0.3, -0.25) is 0 Å². The fourth-order valence-electron chi connectivity index (χ4n) is 0.922. The van der Waals surface area contributed by atoms with Crippen LogP contribution < -0.4 is 15.9 Å². The number of nitrogens with zero attached hydrogens (tertiary/aromatic N) is 1. The summed E-state index contributed by atoms with van der Waals surface area (Å²) < 4.78 is 0. The van der Waals surface area contributed by atoms with Crippen molar-refractivity contribution in [2.24, 2.45) is 5.73 Å². The van der Waals surface area contributed by atoms with E-state index in [0.29, 0.717) is 0 Å². The van der Waals surface area contributed by atoms with Crippen molar-refractivity contribution in [3.05, 3.63) is 24.3 Å². The van der Waals surface area contributed by atoms with Crippen LogP contribution in [0.5, 0.6) is 0 Å². The molecule has 18 heavy (non-hydrogen) atoms. The molecule has 5 N–H and O–H groups in total. The smallest absolute Gasteiger partial charge is 0.0856 e. The van der Waals surface area contributed by atoms with Crippen molar-refractivity contribution in [1.82, 2.24) is 0 Å². The van der Waals surface area contributed by atoms with E-state index < -0.39 is 25.4 Å². The molecule has 5 nitrogen and oxygen atoms in total. The Morgan fingerprint density at radius 1 is 1.06 bits per heavy atom. The summed E-state index contributed by atoms with van der Waals surface area (Å²) in [5, 5.41) is 26.2. The number of hydrogen-bond donors (Lipinski definition) is 4. The van der Waals surface area contributed by atoms with E-state index in [1.54, 1.807) is 0 Å². The van der Waals surface area contributed by atoms with Gasteiger partial charge in [0.1, 0.15) is 0 Å². The summed E-state index contributed by atoms with van der Waals surface area (Å²) in [7, 11) is 6.74. The highest BCUT2D eigenvalue weighted by Gasteiger charge is 2.20. The van der Waals surface area contributed by atoms with Gasteiger partial charge in [-0.2, -0.15) is 0 Å². The monoisotopic (exact) mass is 274 g/mol. The van der Waals surface area contributed by atoms with Gasteiger partial charge in [0.15, 0.2) is 0 Å². The van der Waals surface area contributed by atoms with E-state index in [1.807, 2.05) is 14.1 Å². The molecule has 6 heteroatoms. The van der Waals surface area contributed by atoms with E-state index >= 15 is 0 Å². The van der Waals surface area contributed by atoms with Crippen LogP contribution >= 0.6 is 9.24 Å². The van der Waals surface area contributed by atoms with E-state index in [4.69, 9.17) is 21.1 Å². The standard InChI is InChI=1S/C8H12NP.C4H11NO3/c1-9(2)7-3-5-8(10)6-4-7;5-4(1-6,2-7)3-8/h3-6H,10H2,1-2H3;6-8H,1-3,5H2. The first kappa shape index (κ1) is 17.3. The number of aliphatic hydroxyl groups excluding tert-OH is 3. The van der Waals surface area contributed by atoms with Gasteiger partial charge in [-0.05, 0) is 17.4 Å². The lowest BCUT2D eigenvalue weighted by molar-refractivity contribution is 0.0698. The molecular weight excluding hydrogens is 251 g/mol. The van der Waals surface area contributed by atoms with E-state index in [1.165, 1.54) is 11.0 Å². The van der Waals surface area contributed by atoms with Crippen molar-refractivity contribution in [2.45, 2.75) is 5.54 Å². The van der Waals surface area contributed by atoms with Crippen LogP contribution in [0.3, 0.4) is 0 Å². The number of rotatable bonds is 4. The maximum absolute atomic E-state index is 8.34. The van der Waals surface area contributed by atoms with Crippen LogP contribution in [0.4, 0.5) is 5.69 Å². The topological polar surface area (TPSA) is 90.0 Å². The Kier molecular flexibility index (Phi) is 8.07. The molecule has 1 aromatic rings. The van der Waals surface area contributed by atoms with Crippen LogP contribution in [-0.2, 0) is 0 Å². The minimum atomic E-state index is -1.21. The van der Waals surface area contributed by atoms with E-state index in [9.17, 15) is 0 Å². The number of aliphatic hydroxyl groups is 3. The van der Waals surface area contributed by atoms with Crippen LogP contribution in [0.15, 0.2) is 24.3 Å². The average molecular weight is 274 g/mol. The van der Waals surface area contributed by atoms with Gasteiger partial charge in [-0.1, -0.05) is 12.1 Å². The first-order valence-corrected chi connectivity index (χ1v) is 6.10. The van der Waals surface area contributed by atoms with Crippen LogP contribution in [0, 0.1) is 0 Å². The van der Waals surface area contributed by atoms with E-state index in [-0.39, 0.29) is 0 Å². The summed E-state index contributed by atoms with van der Waals surface area (Å²) in [5.41, 5.74) is 5.18.